The monoisotopic (exact) mass is 279 g/mol. The lowest BCUT2D eigenvalue weighted by Gasteiger charge is -2.11. The van der Waals surface area contributed by atoms with Gasteiger partial charge in [0.25, 0.3) is 0 Å². The molecule has 0 aromatic carbocycles. The van der Waals surface area contributed by atoms with Crippen LogP contribution in [0.25, 0.3) is 0 Å². The molecule has 2 heterocycles. The Balaban J connectivity index is 0.000000205. The summed E-state index contributed by atoms with van der Waals surface area (Å²) in [5.41, 5.74) is 0.528. The zero-order valence-electron chi connectivity index (χ0n) is 11.8. The molecule has 1 aromatic heterocycles. The summed E-state index contributed by atoms with van der Waals surface area (Å²) in [4.78, 5) is 15.4. The second-order valence-electron chi connectivity index (χ2n) is 4.91. The Morgan fingerprint density at radius 1 is 1.30 bits per heavy atom. The molecule has 0 bridgehead atoms. The van der Waals surface area contributed by atoms with Crippen molar-refractivity contribution in [3.63, 3.8) is 0 Å². The Kier molecular flexibility index (Phi) is 5.95. The van der Waals surface area contributed by atoms with E-state index in [-0.39, 0.29) is 12.1 Å². The van der Waals surface area contributed by atoms with E-state index >= 15 is 0 Å². The molecule has 1 saturated carbocycles. The van der Waals surface area contributed by atoms with Gasteiger partial charge in [-0.1, -0.05) is 0 Å². The van der Waals surface area contributed by atoms with Gasteiger partial charge in [-0.05, 0) is 37.8 Å². The zero-order valence-corrected chi connectivity index (χ0v) is 11.8. The molecule has 1 aliphatic carbocycles. The fourth-order valence-electron chi connectivity index (χ4n) is 1.82. The quantitative estimate of drug-likeness (QED) is 0.793. The van der Waals surface area contributed by atoms with E-state index in [0.29, 0.717) is 11.5 Å². The third-order valence-corrected chi connectivity index (χ3v) is 3.22. The highest BCUT2D eigenvalue weighted by atomic mass is 16.6. The molecule has 5 heteroatoms. The smallest absolute Gasteiger partial charge is 0.339 e. The van der Waals surface area contributed by atoms with Crippen LogP contribution in [0.2, 0.25) is 0 Å². The number of pyridine rings is 1. The van der Waals surface area contributed by atoms with Crippen molar-refractivity contribution in [2.24, 2.45) is 5.92 Å². The van der Waals surface area contributed by atoms with Gasteiger partial charge in [-0.25, -0.2) is 4.79 Å². The largest absolute Gasteiger partial charge is 0.459 e. The first-order chi connectivity index (χ1) is 9.77. The highest BCUT2D eigenvalue weighted by Gasteiger charge is 2.30. The summed E-state index contributed by atoms with van der Waals surface area (Å²) in [6, 6.07) is 3.45. The average Bonchev–Trinajstić information content (AvgIpc) is 3.35. The summed E-state index contributed by atoms with van der Waals surface area (Å²) in [5, 5.41) is 0. The first-order valence-electron chi connectivity index (χ1n) is 7.04. The molecule has 0 amide bonds. The average molecular weight is 279 g/mol. The van der Waals surface area contributed by atoms with Crippen molar-refractivity contribution in [3.8, 4) is 0 Å². The number of ether oxygens (including phenoxy) is 3. The van der Waals surface area contributed by atoms with Gasteiger partial charge in [0, 0.05) is 12.4 Å². The minimum atomic E-state index is -0.266. The summed E-state index contributed by atoms with van der Waals surface area (Å²) in [7, 11) is 0. The molecule has 3 rings (SSSR count). The molecule has 0 N–H and O–H groups in total. The zero-order chi connectivity index (χ0) is 14.2. The highest BCUT2D eigenvalue weighted by Crippen LogP contribution is 2.34. The van der Waals surface area contributed by atoms with Crippen molar-refractivity contribution in [3.05, 3.63) is 30.1 Å². The summed E-state index contributed by atoms with van der Waals surface area (Å²) < 4.78 is 15.2. The number of nitrogens with zero attached hydrogens (tertiary/aromatic N) is 1. The SMILES string of the molecule is C1COCCO1.CC(OC(=O)c1cccnc1)C1CC1. The lowest BCUT2D eigenvalue weighted by Crippen LogP contribution is -2.16. The Bertz CT molecular complexity index is 390. The number of aromatic nitrogens is 1. The fourth-order valence-corrected chi connectivity index (χ4v) is 1.82. The molecule has 2 aliphatic rings. The van der Waals surface area contributed by atoms with Gasteiger partial charge in [-0.15, -0.1) is 0 Å². The molecule has 1 saturated heterocycles. The minimum absolute atomic E-state index is 0.0442. The van der Waals surface area contributed by atoms with Gasteiger partial charge < -0.3 is 14.2 Å². The first-order valence-corrected chi connectivity index (χ1v) is 7.04. The Hall–Kier alpha value is -1.46. The molecule has 0 radical (unpaired) electrons. The van der Waals surface area contributed by atoms with E-state index in [0.717, 1.165) is 26.4 Å². The number of esters is 1. The van der Waals surface area contributed by atoms with E-state index in [4.69, 9.17) is 14.2 Å². The second kappa shape index (κ2) is 7.97. The van der Waals surface area contributed by atoms with Crippen LogP contribution in [0.15, 0.2) is 24.5 Å². The van der Waals surface area contributed by atoms with Gasteiger partial charge in [0.2, 0.25) is 0 Å². The third kappa shape index (κ3) is 5.27. The summed E-state index contributed by atoms with van der Waals surface area (Å²) in [6.07, 6.45) is 5.58. The van der Waals surface area contributed by atoms with E-state index in [9.17, 15) is 4.79 Å². The van der Waals surface area contributed by atoms with E-state index in [1.54, 1.807) is 18.3 Å². The van der Waals surface area contributed by atoms with Crippen LogP contribution >= 0.6 is 0 Å². The summed E-state index contributed by atoms with van der Waals surface area (Å²) >= 11 is 0. The van der Waals surface area contributed by atoms with Crippen molar-refractivity contribution in [2.45, 2.75) is 25.9 Å². The van der Waals surface area contributed by atoms with Crippen LogP contribution in [0, 0.1) is 5.92 Å². The highest BCUT2D eigenvalue weighted by molar-refractivity contribution is 5.89. The molecule has 0 spiro atoms. The second-order valence-corrected chi connectivity index (χ2v) is 4.91. The van der Waals surface area contributed by atoms with Gasteiger partial charge in [-0.2, -0.15) is 0 Å². The number of hydrogen-bond acceptors (Lipinski definition) is 5. The summed E-state index contributed by atoms with van der Waals surface area (Å²) in [6.45, 7) is 5.06. The maximum atomic E-state index is 11.5. The molecular weight excluding hydrogens is 258 g/mol. The molecule has 1 unspecified atom stereocenters. The van der Waals surface area contributed by atoms with Crippen molar-refractivity contribution in [2.75, 3.05) is 26.4 Å². The Morgan fingerprint density at radius 3 is 2.40 bits per heavy atom. The van der Waals surface area contributed by atoms with Gasteiger partial charge in [0.15, 0.2) is 0 Å². The Morgan fingerprint density at radius 2 is 1.95 bits per heavy atom. The van der Waals surface area contributed by atoms with Crippen LogP contribution in [0.3, 0.4) is 0 Å². The van der Waals surface area contributed by atoms with E-state index in [1.807, 2.05) is 6.92 Å². The van der Waals surface area contributed by atoms with Crippen LogP contribution in [0.5, 0.6) is 0 Å². The van der Waals surface area contributed by atoms with Crippen molar-refractivity contribution >= 4 is 5.97 Å². The van der Waals surface area contributed by atoms with Crippen LogP contribution in [-0.2, 0) is 14.2 Å². The Labute approximate surface area is 119 Å². The number of carbonyl (C=O) groups is 1. The molecule has 5 nitrogen and oxygen atoms in total. The number of carbonyl (C=O) groups excluding carboxylic acids is 1. The third-order valence-electron chi connectivity index (χ3n) is 3.22. The van der Waals surface area contributed by atoms with Gasteiger partial charge >= 0.3 is 5.97 Å². The van der Waals surface area contributed by atoms with Crippen molar-refractivity contribution in [1.29, 1.82) is 0 Å². The summed E-state index contributed by atoms with van der Waals surface area (Å²) in [5.74, 6) is 0.313. The van der Waals surface area contributed by atoms with Crippen LogP contribution in [0.1, 0.15) is 30.1 Å². The molecular formula is C15H21NO4. The van der Waals surface area contributed by atoms with Gasteiger partial charge in [0.1, 0.15) is 6.10 Å². The van der Waals surface area contributed by atoms with Crippen molar-refractivity contribution in [1.82, 2.24) is 4.98 Å². The normalized spacial score (nSPS) is 19.4. The van der Waals surface area contributed by atoms with Crippen LogP contribution in [-0.4, -0.2) is 43.5 Å². The first kappa shape index (κ1) is 14.9. The standard InChI is InChI=1S/C11H13NO2.C4H8O2/c1-8(9-4-5-9)14-11(13)10-3-2-6-12-7-10;1-2-6-4-3-5-1/h2-3,6-9H,4-5H2,1H3;1-4H2. The van der Waals surface area contributed by atoms with Crippen LogP contribution in [0.4, 0.5) is 0 Å². The van der Waals surface area contributed by atoms with Gasteiger partial charge in [-0.3, -0.25) is 4.98 Å². The number of rotatable bonds is 3. The fraction of sp³-hybridized carbons (Fsp3) is 0.600. The molecule has 1 aliphatic heterocycles. The molecule has 2 fully saturated rings. The predicted molar refractivity (Wildman–Crippen MR) is 73.5 cm³/mol. The lowest BCUT2D eigenvalue weighted by molar-refractivity contribution is -0.0334. The predicted octanol–water partition coefficient (Wildman–Crippen LogP) is 2.07. The molecule has 1 atom stereocenters. The van der Waals surface area contributed by atoms with Crippen molar-refractivity contribution < 1.29 is 19.0 Å². The lowest BCUT2D eigenvalue weighted by atomic mass is 10.2. The van der Waals surface area contributed by atoms with E-state index < -0.39 is 0 Å². The maximum absolute atomic E-state index is 11.5. The molecule has 110 valence electrons. The number of hydrogen-bond donors (Lipinski definition) is 0. The van der Waals surface area contributed by atoms with E-state index in [1.165, 1.54) is 19.0 Å². The van der Waals surface area contributed by atoms with Gasteiger partial charge in [0.05, 0.1) is 32.0 Å². The van der Waals surface area contributed by atoms with E-state index in [2.05, 4.69) is 4.98 Å². The molecule has 1 aromatic rings. The minimum Gasteiger partial charge on any atom is -0.459 e. The topological polar surface area (TPSA) is 57.7 Å². The maximum Gasteiger partial charge on any atom is 0.339 e. The van der Waals surface area contributed by atoms with Crippen LogP contribution < -0.4 is 0 Å². The molecule has 20 heavy (non-hydrogen) atoms.